The molecule has 0 spiro atoms. The van der Waals surface area contributed by atoms with E-state index in [1.807, 2.05) is 13.8 Å². The van der Waals surface area contributed by atoms with E-state index in [1.165, 1.54) is 0 Å². The third kappa shape index (κ3) is 4.64. The highest BCUT2D eigenvalue weighted by molar-refractivity contribution is 5.37. The zero-order chi connectivity index (χ0) is 13.1. The van der Waals surface area contributed by atoms with Crippen LogP contribution in [0.15, 0.2) is 9.98 Å². The van der Waals surface area contributed by atoms with E-state index >= 15 is 0 Å². The third-order valence-corrected chi connectivity index (χ3v) is 3.40. The van der Waals surface area contributed by atoms with Gasteiger partial charge in [-0.05, 0) is 19.3 Å². The number of aliphatic imine (C=N–C) groups is 2. The topological polar surface area (TPSA) is 58.9 Å². The summed E-state index contributed by atoms with van der Waals surface area (Å²) in [4.78, 5) is 28.8. The Hall–Kier alpha value is -1.24. The summed E-state index contributed by atoms with van der Waals surface area (Å²) in [5, 5.41) is 0. The molecule has 0 saturated heterocycles. The van der Waals surface area contributed by atoms with Crippen molar-refractivity contribution in [1.29, 1.82) is 0 Å². The molecule has 0 bridgehead atoms. The molecule has 96 valence electrons. The number of rotatable bonds is 9. The van der Waals surface area contributed by atoms with Crippen molar-refractivity contribution < 1.29 is 9.59 Å². The molecule has 0 aromatic rings. The molecule has 0 N–H and O–H groups in total. The number of hydrogen-bond acceptors (Lipinski definition) is 4. The highest BCUT2D eigenvalue weighted by Gasteiger charge is 2.35. The third-order valence-electron chi connectivity index (χ3n) is 3.40. The molecule has 0 aromatic carbocycles. The van der Waals surface area contributed by atoms with Crippen LogP contribution in [0.25, 0.3) is 0 Å². The van der Waals surface area contributed by atoms with Crippen molar-refractivity contribution in [3.8, 4) is 0 Å². The zero-order valence-electron chi connectivity index (χ0n) is 11.0. The summed E-state index contributed by atoms with van der Waals surface area (Å²) in [6, 6.07) is -0.247. The van der Waals surface area contributed by atoms with Crippen molar-refractivity contribution in [1.82, 2.24) is 0 Å². The predicted molar refractivity (Wildman–Crippen MR) is 67.5 cm³/mol. The van der Waals surface area contributed by atoms with E-state index in [0.717, 1.165) is 25.7 Å². The molecule has 17 heavy (non-hydrogen) atoms. The average Bonchev–Trinajstić information content (AvgIpc) is 2.35. The Morgan fingerprint density at radius 3 is 2.12 bits per heavy atom. The van der Waals surface area contributed by atoms with Gasteiger partial charge in [-0.2, -0.15) is 9.98 Å². The quantitative estimate of drug-likeness (QED) is 0.352. The minimum Gasteiger partial charge on any atom is -0.211 e. The molecule has 0 aliphatic heterocycles. The summed E-state index contributed by atoms with van der Waals surface area (Å²) in [5.74, 6) is 0. The summed E-state index contributed by atoms with van der Waals surface area (Å²) < 4.78 is 0. The van der Waals surface area contributed by atoms with Gasteiger partial charge in [-0.25, -0.2) is 9.59 Å². The van der Waals surface area contributed by atoms with E-state index in [-0.39, 0.29) is 6.04 Å². The van der Waals surface area contributed by atoms with Crippen LogP contribution in [0.5, 0.6) is 0 Å². The second kappa shape index (κ2) is 8.86. The molecule has 0 rings (SSSR count). The molecule has 4 nitrogen and oxygen atoms in total. The maximum absolute atomic E-state index is 10.5. The molecule has 0 aliphatic carbocycles. The summed E-state index contributed by atoms with van der Waals surface area (Å²) in [6.45, 7) is 6.03. The maximum atomic E-state index is 10.5. The van der Waals surface area contributed by atoms with Crippen LogP contribution in [0.1, 0.15) is 59.3 Å². The second-order valence-corrected chi connectivity index (χ2v) is 4.25. The van der Waals surface area contributed by atoms with Crippen molar-refractivity contribution in [2.45, 2.75) is 70.9 Å². The van der Waals surface area contributed by atoms with E-state index in [2.05, 4.69) is 16.9 Å². The lowest BCUT2D eigenvalue weighted by molar-refractivity contribution is 0.304. The first-order valence-corrected chi connectivity index (χ1v) is 6.36. The predicted octanol–water partition coefficient (Wildman–Crippen LogP) is 3.17. The fourth-order valence-corrected chi connectivity index (χ4v) is 2.15. The lowest BCUT2D eigenvalue weighted by Gasteiger charge is -2.31. The van der Waals surface area contributed by atoms with Gasteiger partial charge >= 0.3 is 0 Å². The first-order chi connectivity index (χ1) is 8.20. The largest absolute Gasteiger partial charge is 0.235 e. The molecule has 1 unspecified atom stereocenters. The number of unbranched alkanes of at least 4 members (excludes halogenated alkanes) is 2. The Kier molecular flexibility index (Phi) is 8.21. The van der Waals surface area contributed by atoms with Crippen LogP contribution >= 0.6 is 0 Å². The highest BCUT2D eigenvalue weighted by atomic mass is 16.1. The molecule has 0 radical (unpaired) electrons. The first kappa shape index (κ1) is 15.8. The maximum Gasteiger partial charge on any atom is 0.235 e. The molecule has 0 aliphatic rings. The van der Waals surface area contributed by atoms with Gasteiger partial charge in [0.15, 0.2) is 0 Å². The highest BCUT2D eigenvalue weighted by Crippen LogP contribution is 2.30. The second-order valence-electron chi connectivity index (χ2n) is 4.25. The van der Waals surface area contributed by atoms with Gasteiger partial charge in [-0.3, -0.25) is 0 Å². The van der Waals surface area contributed by atoms with Crippen molar-refractivity contribution in [3.05, 3.63) is 0 Å². The lowest BCUT2D eigenvalue weighted by atomic mass is 9.83. The molecule has 4 heteroatoms. The van der Waals surface area contributed by atoms with Gasteiger partial charge in [0.2, 0.25) is 12.2 Å². The molecule has 0 amide bonds. The van der Waals surface area contributed by atoms with Crippen LogP contribution in [0.3, 0.4) is 0 Å². The van der Waals surface area contributed by atoms with Gasteiger partial charge in [0.25, 0.3) is 0 Å². The van der Waals surface area contributed by atoms with Crippen molar-refractivity contribution >= 4 is 12.2 Å². The minimum atomic E-state index is -0.576. The fourth-order valence-electron chi connectivity index (χ4n) is 2.15. The SMILES string of the molecule is CCCCCC(N=C=O)C(CC)(CC)N=C=O. The Balaban J connectivity index is 4.94. The van der Waals surface area contributed by atoms with E-state index < -0.39 is 5.54 Å². The fraction of sp³-hybridized carbons (Fsp3) is 0.846. The van der Waals surface area contributed by atoms with Crippen LogP contribution in [0.4, 0.5) is 0 Å². The molecular weight excluding hydrogens is 216 g/mol. The minimum absolute atomic E-state index is 0.247. The molecular formula is C13H22N2O2. The van der Waals surface area contributed by atoms with Gasteiger partial charge in [0, 0.05) is 0 Å². The average molecular weight is 238 g/mol. The monoisotopic (exact) mass is 238 g/mol. The van der Waals surface area contributed by atoms with Crippen LogP contribution < -0.4 is 0 Å². The molecule has 0 saturated carbocycles. The van der Waals surface area contributed by atoms with Crippen LogP contribution in [-0.2, 0) is 9.59 Å². The number of nitrogens with zero attached hydrogens (tertiary/aromatic N) is 2. The number of hydrogen-bond donors (Lipinski definition) is 0. The standard InChI is InChI=1S/C13H22N2O2/c1-4-7-8-9-12(14-10-16)13(5-2,6-3)15-11-17/h12H,4-9H2,1-3H3. The first-order valence-electron chi connectivity index (χ1n) is 6.36. The summed E-state index contributed by atoms with van der Waals surface area (Å²) >= 11 is 0. The van der Waals surface area contributed by atoms with Gasteiger partial charge in [-0.15, -0.1) is 0 Å². The van der Waals surface area contributed by atoms with Crippen molar-refractivity contribution in [2.75, 3.05) is 0 Å². The van der Waals surface area contributed by atoms with Crippen LogP contribution in [0, 0.1) is 0 Å². The lowest BCUT2D eigenvalue weighted by Crippen LogP contribution is -2.38. The van der Waals surface area contributed by atoms with E-state index in [4.69, 9.17) is 0 Å². The Bertz CT molecular complexity index is 299. The zero-order valence-corrected chi connectivity index (χ0v) is 11.0. The number of carbonyl (C=O) groups excluding carboxylic acids is 2. The molecule has 0 fully saturated rings. The molecule has 0 heterocycles. The van der Waals surface area contributed by atoms with E-state index in [9.17, 15) is 9.59 Å². The summed E-state index contributed by atoms with van der Waals surface area (Å²) in [5.41, 5.74) is -0.576. The van der Waals surface area contributed by atoms with Gasteiger partial charge < -0.3 is 0 Å². The van der Waals surface area contributed by atoms with Crippen molar-refractivity contribution in [3.63, 3.8) is 0 Å². The van der Waals surface area contributed by atoms with E-state index in [1.54, 1.807) is 12.2 Å². The van der Waals surface area contributed by atoms with Crippen LogP contribution in [0.2, 0.25) is 0 Å². The van der Waals surface area contributed by atoms with Crippen molar-refractivity contribution in [2.24, 2.45) is 9.98 Å². The smallest absolute Gasteiger partial charge is 0.211 e. The van der Waals surface area contributed by atoms with Crippen LogP contribution in [-0.4, -0.2) is 23.7 Å². The number of isocyanates is 2. The summed E-state index contributed by atoms with van der Waals surface area (Å²) in [6.07, 6.45) is 8.57. The van der Waals surface area contributed by atoms with Gasteiger partial charge in [-0.1, -0.05) is 40.0 Å². The normalized spacial score (nSPS) is 12.4. The Morgan fingerprint density at radius 1 is 1.06 bits per heavy atom. The Labute approximate surface area is 103 Å². The Morgan fingerprint density at radius 2 is 1.71 bits per heavy atom. The van der Waals surface area contributed by atoms with Gasteiger partial charge in [0.1, 0.15) is 0 Å². The van der Waals surface area contributed by atoms with E-state index in [0.29, 0.717) is 12.8 Å². The summed E-state index contributed by atoms with van der Waals surface area (Å²) in [7, 11) is 0. The van der Waals surface area contributed by atoms with Gasteiger partial charge in [0.05, 0.1) is 11.6 Å². The molecule has 1 atom stereocenters. The molecule has 0 aromatic heterocycles.